The third-order valence-corrected chi connectivity index (χ3v) is 5.91. The molecule has 1 atom stereocenters. The number of nitrogens with zero attached hydrogens (tertiary/aromatic N) is 4. The SMILES string of the molecule is COc1ccc([C@H](c2sc3ncnn3c2O)N2CCOCC2)c(OC)c1OC. The predicted molar refractivity (Wildman–Crippen MR) is 103 cm³/mol. The van der Waals surface area contributed by atoms with E-state index in [4.69, 9.17) is 18.9 Å². The number of methoxy groups -OCH3 is 3. The zero-order chi connectivity index (χ0) is 19.7. The summed E-state index contributed by atoms with van der Waals surface area (Å²) in [4.78, 5) is 7.83. The highest BCUT2D eigenvalue weighted by atomic mass is 32.1. The zero-order valence-electron chi connectivity index (χ0n) is 15.9. The van der Waals surface area contributed by atoms with E-state index in [1.165, 1.54) is 22.2 Å². The number of fused-ring (bicyclic) bond motifs is 1. The summed E-state index contributed by atoms with van der Waals surface area (Å²) < 4.78 is 23.7. The normalized spacial score (nSPS) is 16.2. The summed E-state index contributed by atoms with van der Waals surface area (Å²) in [6.07, 6.45) is 1.43. The fourth-order valence-corrected chi connectivity index (χ4v) is 4.63. The first-order chi connectivity index (χ1) is 13.7. The summed E-state index contributed by atoms with van der Waals surface area (Å²) in [5.74, 6) is 1.73. The number of hydrogen-bond donors (Lipinski definition) is 1. The lowest BCUT2D eigenvalue weighted by Crippen LogP contribution is -2.39. The van der Waals surface area contributed by atoms with Crippen molar-refractivity contribution >= 4 is 16.3 Å². The number of ether oxygens (including phenoxy) is 4. The van der Waals surface area contributed by atoms with Crippen molar-refractivity contribution in [3.63, 3.8) is 0 Å². The van der Waals surface area contributed by atoms with Crippen molar-refractivity contribution in [3.05, 3.63) is 28.9 Å². The summed E-state index contributed by atoms with van der Waals surface area (Å²) in [6, 6.07) is 3.51. The lowest BCUT2D eigenvalue weighted by atomic mass is 10.0. The van der Waals surface area contributed by atoms with Crippen LogP contribution in [0.4, 0.5) is 0 Å². The van der Waals surface area contributed by atoms with Crippen LogP contribution < -0.4 is 14.2 Å². The van der Waals surface area contributed by atoms with Crippen LogP contribution in [-0.2, 0) is 4.74 Å². The van der Waals surface area contributed by atoms with Crippen molar-refractivity contribution in [1.82, 2.24) is 19.5 Å². The van der Waals surface area contributed by atoms with Crippen LogP contribution in [0, 0.1) is 0 Å². The topological polar surface area (TPSA) is 90.6 Å². The van der Waals surface area contributed by atoms with Gasteiger partial charge in [-0.25, -0.2) is 4.98 Å². The highest BCUT2D eigenvalue weighted by molar-refractivity contribution is 7.17. The Hall–Kier alpha value is -2.56. The molecule has 4 rings (SSSR count). The maximum absolute atomic E-state index is 10.8. The molecule has 9 nitrogen and oxygen atoms in total. The van der Waals surface area contributed by atoms with Crippen molar-refractivity contribution in [2.75, 3.05) is 47.6 Å². The van der Waals surface area contributed by atoms with Crippen LogP contribution in [0.25, 0.3) is 4.96 Å². The minimum Gasteiger partial charge on any atom is -0.493 e. The number of morpholine rings is 1. The Morgan fingerprint density at radius 1 is 1.11 bits per heavy atom. The first-order valence-corrected chi connectivity index (χ1v) is 9.63. The van der Waals surface area contributed by atoms with Gasteiger partial charge in [-0.2, -0.15) is 9.61 Å². The third-order valence-electron chi connectivity index (χ3n) is 4.83. The molecule has 3 aromatic rings. The smallest absolute Gasteiger partial charge is 0.230 e. The van der Waals surface area contributed by atoms with Crippen LogP contribution in [0.3, 0.4) is 0 Å². The largest absolute Gasteiger partial charge is 0.493 e. The van der Waals surface area contributed by atoms with Crippen molar-refractivity contribution in [2.45, 2.75) is 6.04 Å². The molecule has 1 N–H and O–H groups in total. The molecule has 150 valence electrons. The minimum absolute atomic E-state index is 0.0748. The molecule has 1 saturated heterocycles. The summed E-state index contributed by atoms with van der Waals surface area (Å²) in [5.41, 5.74) is 0.863. The summed E-state index contributed by atoms with van der Waals surface area (Å²) >= 11 is 1.40. The Kier molecular flexibility index (Phi) is 5.25. The second-order valence-electron chi connectivity index (χ2n) is 6.22. The van der Waals surface area contributed by atoms with Crippen LogP contribution >= 0.6 is 11.3 Å². The molecule has 0 spiro atoms. The molecule has 0 radical (unpaired) electrons. The van der Waals surface area contributed by atoms with Crippen LogP contribution in [0.15, 0.2) is 18.5 Å². The van der Waals surface area contributed by atoms with Crippen molar-refractivity contribution in [2.24, 2.45) is 0 Å². The molecule has 10 heteroatoms. The van der Waals surface area contributed by atoms with E-state index in [1.807, 2.05) is 12.1 Å². The van der Waals surface area contributed by atoms with Gasteiger partial charge < -0.3 is 24.1 Å². The first-order valence-electron chi connectivity index (χ1n) is 8.81. The molecule has 3 heterocycles. The maximum atomic E-state index is 10.8. The number of rotatable bonds is 6. The Labute approximate surface area is 166 Å². The molecule has 0 unspecified atom stereocenters. The Morgan fingerprint density at radius 2 is 1.86 bits per heavy atom. The van der Waals surface area contributed by atoms with Gasteiger partial charge in [-0.15, -0.1) is 0 Å². The minimum atomic E-state index is -0.271. The summed E-state index contributed by atoms with van der Waals surface area (Å²) in [7, 11) is 4.76. The molecule has 1 aliphatic rings. The molecule has 1 aromatic carbocycles. The van der Waals surface area contributed by atoms with Crippen LogP contribution in [0.2, 0.25) is 0 Å². The molecular formula is C18H22N4O5S. The fraction of sp³-hybridized carbons (Fsp3) is 0.444. The number of hydrogen-bond acceptors (Lipinski definition) is 9. The van der Waals surface area contributed by atoms with Gasteiger partial charge in [-0.1, -0.05) is 11.3 Å². The third kappa shape index (κ3) is 3.03. The Bertz CT molecular complexity index is 966. The average molecular weight is 406 g/mol. The van der Waals surface area contributed by atoms with Crippen LogP contribution in [0.1, 0.15) is 16.5 Å². The van der Waals surface area contributed by atoms with Gasteiger partial charge in [0.05, 0.1) is 45.5 Å². The van der Waals surface area contributed by atoms with Crippen molar-refractivity contribution in [1.29, 1.82) is 0 Å². The monoisotopic (exact) mass is 406 g/mol. The number of thiazole rings is 1. The van der Waals surface area contributed by atoms with Gasteiger partial charge in [-0.3, -0.25) is 4.90 Å². The summed E-state index contributed by atoms with van der Waals surface area (Å²) in [5, 5.41) is 15.0. The number of aromatic hydroxyl groups is 1. The van der Waals surface area contributed by atoms with Gasteiger partial charge in [0.25, 0.3) is 0 Å². The molecular weight excluding hydrogens is 384 g/mol. The van der Waals surface area contributed by atoms with E-state index in [2.05, 4.69) is 15.0 Å². The van der Waals surface area contributed by atoms with E-state index in [-0.39, 0.29) is 11.9 Å². The Morgan fingerprint density at radius 3 is 2.50 bits per heavy atom. The molecule has 2 aromatic heterocycles. The quantitative estimate of drug-likeness (QED) is 0.664. The van der Waals surface area contributed by atoms with E-state index < -0.39 is 0 Å². The molecule has 0 aliphatic carbocycles. The Balaban J connectivity index is 1.91. The lowest BCUT2D eigenvalue weighted by molar-refractivity contribution is 0.0236. The van der Waals surface area contributed by atoms with Gasteiger partial charge in [0, 0.05) is 18.7 Å². The lowest BCUT2D eigenvalue weighted by Gasteiger charge is -2.35. The van der Waals surface area contributed by atoms with Gasteiger partial charge in [0.1, 0.15) is 6.33 Å². The second-order valence-corrected chi connectivity index (χ2v) is 7.23. The van der Waals surface area contributed by atoms with E-state index in [0.717, 1.165) is 23.5 Å². The highest BCUT2D eigenvalue weighted by Crippen LogP contribution is 2.48. The highest BCUT2D eigenvalue weighted by Gasteiger charge is 2.34. The number of benzene rings is 1. The van der Waals surface area contributed by atoms with Crippen LogP contribution in [-0.4, -0.2) is 72.2 Å². The average Bonchev–Trinajstić information content (AvgIpc) is 3.32. The van der Waals surface area contributed by atoms with E-state index in [0.29, 0.717) is 35.4 Å². The molecule has 0 saturated carbocycles. The van der Waals surface area contributed by atoms with Crippen molar-refractivity contribution < 1.29 is 24.1 Å². The zero-order valence-corrected chi connectivity index (χ0v) is 16.7. The van der Waals surface area contributed by atoms with E-state index in [9.17, 15) is 5.11 Å². The molecule has 28 heavy (non-hydrogen) atoms. The van der Waals surface area contributed by atoms with Gasteiger partial charge in [0.15, 0.2) is 11.5 Å². The summed E-state index contributed by atoms with van der Waals surface area (Å²) in [6.45, 7) is 2.67. The van der Waals surface area contributed by atoms with Gasteiger partial charge >= 0.3 is 0 Å². The van der Waals surface area contributed by atoms with Crippen LogP contribution in [0.5, 0.6) is 23.1 Å². The standard InChI is InChI=1S/C18H22N4O5S/c1-24-12-5-4-11(14(25-2)15(12)26-3)13(21-6-8-27-9-7-21)16-17(23)22-18(28-16)19-10-20-22/h4-5,10,13,23H,6-9H2,1-3H3/t13-/m1/s1. The molecule has 1 fully saturated rings. The van der Waals surface area contributed by atoms with Gasteiger partial charge in [-0.05, 0) is 12.1 Å². The van der Waals surface area contributed by atoms with E-state index >= 15 is 0 Å². The number of aromatic nitrogens is 3. The molecule has 0 amide bonds. The second kappa shape index (κ2) is 7.82. The molecule has 0 bridgehead atoms. The van der Waals surface area contributed by atoms with Crippen molar-refractivity contribution in [3.8, 4) is 23.1 Å². The van der Waals surface area contributed by atoms with Gasteiger partial charge in [0.2, 0.25) is 16.6 Å². The van der Waals surface area contributed by atoms with E-state index in [1.54, 1.807) is 21.3 Å². The fourth-order valence-electron chi connectivity index (χ4n) is 3.55. The molecule has 1 aliphatic heterocycles. The predicted octanol–water partition coefficient (Wildman–Crippen LogP) is 1.94. The maximum Gasteiger partial charge on any atom is 0.230 e. The first kappa shape index (κ1) is 18.8.